The van der Waals surface area contributed by atoms with Gasteiger partial charge < -0.3 is 28.4 Å². The number of aromatic nitrogens is 3. The Morgan fingerprint density at radius 2 is 1.23 bits per heavy atom. The maximum atomic E-state index is 13.6. The summed E-state index contributed by atoms with van der Waals surface area (Å²) in [6.07, 6.45) is 0.110. The van der Waals surface area contributed by atoms with Crippen LogP contribution in [-0.4, -0.2) is 76.4 Å². The van der Waals surface area contributed by atoms with Gasteiger partial charge in [-0.15, -0.1) is 5.10 Å². The molecule has 4 rings (SSSR count). The average Bonchev–Trinajstić information content (AvgIpc) is 3.46. The highest BCUT2D eigenvalue weighted by Gasteiger charge is 2.56. The Kier molecular flexibility index (Phi) is 12.1. The van der Waals surface area contributed by atoms with E-state index in [1.807, 2.05) is 42.5 Å². The first-order chi connectivity index (χ1) is 24.5. The van der Waals surface area contributed by atoms with Crippen LogP contribution in [0.2, 0.25) is 0 Å². The Balaban J connectivity index is 1.87. The molecular weight excluding hydrogens is 682 g/mol. The highest BCUT2D eigenvalue weighted by Crippen LogP contribution is 2.37. The van der Waals surface area contributed by atoms with E-state index in [4.69, 9.17) is 28.4 Å². The first kappa shape index (κ1) is 41.0. The molecule has 1 aliphatic rings. The number of ether oxygens (including phenoxy) is 6. The smallest absolute Gasteiger partial charge is 0.311 e. The molecule has 2 aromatic heterocycles. The quantitative estimate of drug-likeness (QED) is 0.183. The maximum Gasteiger partial charge on any atom is 0.311 e. The molecule has 13 nitrogen and oxygen atoms in total. The molecule has 288 valence electrons. The number of pyridine rings is 1. The van der Waals surface area contributed by atoms with Crippen LogP contribution in [0.15, 0.2) is 42.7 Å². The van der Waals surface area contributed by atoms with Gasteiger partial charge in [0.05, 0.1) is 32.6 Å². The monoisotopic (exact) mass is 735 g/mol. The summed E-state index contributed by atoms with van der Waals surface area (Å²) in [5.41, 5.74) is -1.61. The lowest BCUT2D eigenvalue weighted by molar-refractivity contribution is -0.294. The van der Waals surface area contributed by atoms with Gasteiger partial charge >= 0.3 is 23.9 Å². The van der Waals surface area contributed by atoms with Crippen molar-refractivity contribution in [2.75, 3.05) is 6.61 Å². The number of benzene rings is 1. The molecule has 5 atom stereocenters. The molecule has 3 heterocycles. The van der Waals surface area contributed by atoms with Gasteiger partial charge in [0.15, 0.2) is 12.2 Å². The number of fused-ring (bicyclic) bond motifs is 1. The minimum Gasteiger partial charge on any atom is -0.462 e. The Hall–Kier alpha value is -4.78. The van der Waals surface area contributed by atoms with E-state index in [0.29, 0.717) is 10.9 Å². The summed E-state index contributed by atoms with van der Waals surface area (Å²) in [6.45, 7) is 19.6. The van der Waals surface area contributed by atoms with E-state index < -0.39 is 82.8 Å². The van der Waals surface area contributed by atoms with Gasteiger partial charge in [-0.1, -0.05) is 24.3 Å². The van der Waals surface area contributed by atoms with Crippen LogP contribution in [-0.2, 0) is 42.9 Å². The van der Waals surface area contributed by atoms with E-state index in [1.165, 1.54) is 0 Å². The highest BCUT2D eigenvalue weighted by molar-refractivity contribution is 5.94. The number of carbonyl (C=O) groups is 4. The van der Waals surface area contributed by atoms with Crippen LogP contribution in [0.25, 0.3) is 23.1 Å². The van der Waals surface area contributed by atoms with E-state index in [-0.39, 0.29) is 5.88 Å². The number of rotatable bonds is 9. The molecule has 1 aromatic carbocycles. The van der Waals surface area contributed by atoms with Crippen molar-refractivity contribution in [2.45, 2.75) is 114 Å². The van der Waals surface area contributed by atoms with Crippen molar-refractivity contribution in [3.63, 3.8) is 0 Å². The van der Waals surface area contributed by atoms with Crippen LogP contribution < -0.4 is 4.74 Å². The van der Waals surface area contributed by atoms with Gasteiger partial charge in [-0.25, -0.2) is 0 Å². The predicted octanol–water partition coefficient (Wildman–Crippen LogP) is 6.70. The van der Waals surface area contributed by atoms with Crippen molar-refractivity contribution < 1.29 is 47.6 Å². The number of carbonyl (C=O) groups excluding carboxylic acids is 4. The molecule has 1 N–H and O–H groups in total. The summed E-state index contributed by atoms with van der Waals surface area (Å²) in [7, 11) is 0. The van der Waals surface area contributed by atoms with Gasteiger partial charge in [-0.2, -0.15) is 0 Å². The third-order valence-electron chi connectivity index (χ3n) is 8.13. The van der Waals surface area contributed by atoms with Gasteiger partial charge in [0.2, 0.25) is 18.3 Å². The number of aromatic amines is 1. The molecule has 1 aliphatic heterocycles. The molecule has 0 unspecified atom stereocenters. The van der Waals surface area contributed by atoms with E-state index in [2.05, 4.69) is 15.2 Å². The Morgan fingerprint density at radius 1 is 0.698 bits per heavy atom. The zero-order valence-electron chi connectivity index (χ0n) is 32.8. The largest absolute Gasteiger partial charge is 0.462 e. The standard InChI is InChI=1S/C40H53N3O10/c1-37(2,3)33(44)48-22-26-28(50-34(45)38(4,5)6)29(51-35(46)39(7,8)9)30(52-36(47)40(10,11)12)32(49-26)53-31-27-24(14-13-15-25(27)42-43-31)17-16-23-18-20-41-21-19-23/h13-21,26,28-30,32H,22H2,1-12H3,(H,42,43)/t26-,28-,29+,30-,32+/m1/s1. The molecule has 1 saturated heterocycles. The van der Waals surface area contributed by atoms with Gasteiger partial charge in [0, 0.05) is 12.4 Å². The van der Waals surface area contributed by atoms with E-state index in [1.54, 1.807) is 95.5 Å². The van der Waals surface area contributed by atoms with Crippen LogP contribution in [0.3, 0.4) is 0 Å². The van der Waals surface area contributed by atoms with Gasteiger partial charge in [-0.05, 0) is 112 Å². The normalized spacial score (nSPS) is 21.2. The molecule has 53 heavy (non-hydrogen) atoms. The van der Waals surface area contributed by atoms with Crippen molar-refractivity contribution >= 4 is 46.9 Å². The molecule has 0 aliphatic carbocycles. The Labute approximate surface area is 311 Å². The van der Waals surface area contributed by atoms with Crippen LogP contribution in [0.1, 0.15) is 94.2 Å². The number of esters is 4. The molecule has 13 heteroatoms. The lowest BCUT2D eigenvalue weighted by Gasteiger charge is -2.45. The first-order valence-electron chi connectivity index (χ1n) is 17.6. The minimum atomic E-state index is -1.49. The second-order valence-corrected chi connectivity index (χ2v) is 17.3. The molecule has 0 saturated carbocycles. The number of hydrogen-bond donors (Lipinski definition) is 1. The van der Waals surface area contributed by atoms with Crippen molar-refractivity contribution in [2.24, 2.45) is 21.7 Å². The maximum absolute atomic E-state index is 13.6. The van der Waals surface area contributed by atoms with Crippen LogP contribution in [0, 0.1) is 21.7 Å². The molecule has 0 spiro atoms. The molecular formula is C40H53N3O10. The summed E-state index contributed by atoms with van der Waals surface area (Å²) in [5.74, 6) is -2.45. The van der Waals surface area contributed by atoms with Crippen LogP contribution >= 0.6 is 0 Å². The lowest BCUT2D eigenvalue weighted by atomic mass is 9.93. The fraction of sp³-hybridized carbons (Fsp3) is 0.550. The number of nitrogens with zero attached hydrogens (tertiary/aromatic N) is 2. The summed E-state index contributed by atoms with van der Waals surface area (Å²) < 4.78 is 36.9. The summed E-state index contributed by atoms with van der Waals surface area (Å²) in [4.78, 5) is 57.8. The van der Waals surface area contributed by atoms with Gasteiger partial charge in [0.25, 0.3) is 0 Å². The third kappa shape index (κ3) is 10.4. The molecule has 0 radical (unpaired) electrons. The molecule has 3 aromatic rings. The number of H-pyrrole nitrogens is 1. The zero-order chi connectivity index (χ0) is 39.5. The third-order valence-corrected chi connectivity index (χ3v) is 8.13. The van der Waals surface area contributed by atoms with E-state index in [0.717, 1.165) is 11.1 Å². The Bertz CT molecular complexity index is 1810. The van der Waals surface area contributed by atoms with Gasteiger partial charge in [-0.3, -0.25) is 29.3 Å². The summed E-state index contributed by atoms with van der Waals surface area (Å²) >= 11 is 0. The molecule has 1 fully saturated rings. The van der Waals surface area contributed by atoms with E-state index in [9.17, 15) is 19.2 Å². The second kappa shape index (κ2) is 15.7. The van der Waals surface area contributed by atoms with Crippen molar-refractivity contribution in [3.05, 3.63) is 53.9 Å². The highest BCUT2D eigenvalue weighted by atomic mass is 16.7. The number of nitrogens with one attached hydrogen (secondary N) is 1. The topological polar surface area (TPSA) is 165 Å². The van der Waals surface area contributed by atoms with Gasteiger partial charge in [0.1, 0.15) is 12.7 Å². The fourth-order valence-corrected chi connectivity index (χ4v) is 4.85. The Morgan fingerprint density at radius 3 is 1.77 bits per heavy atom. The van der Waals surface area contributed by atoms with Crippen molar-refractivity contribution in [3.8, 4) is 5.88 Å². The summed E-state index contributed by atoms with van der Waals surface area (Å²) in [5, 5.41) is 7.99. The van der Waals surface area contributed by atoms with Crippen molar-refractivity contribution in [1.82, 2.24) is 15.2 Å². The first-order valence-corrected chi connectivity index (χ1v) is 17.6. The number of hydrogen-bond acceptors (Lipinski definition) is 12. The van der Waals surface area contributed by atoms with E-state index >= 15 is 0 Å². The molecule has 0 bridgehead atoms. The summed E-state index contributed by atoms with van der Waals surface area (Å²) in [6, 6.07) is 9.29. The molecule has 0 amide bonds. The second-order valence-electron chi connectivity index (χ2n) is 17.3. The SMILES string of the molecule is CC(C)(C)C(=O)OC[C@H]1O[C@@H](Oc2n[nH]c3cccc(C=Cc4ccncc4)c23)[C@H](OC(=O)C(C)(C)C)[C@@H](OC(=O)C(C)(C)C)[C@@H]1OC(=O)C(C)(C)C. The lowest BCUT2D eigenvalue weighted by Crippen LogP contribution is -2.65. The predicted molar refractivity (Wildman–Crippen MR) is 197 cm³/mol. The van der Waals surface area contributed by atoms with Crippen molar-refractivity contribution in [1.29, 1.82) is 0 Å². The zero-order valence-corrected chi connectivity index (χ0v) is 32.8. The average molecular weight is 736 g/mol. The van der Waals surface area contributed by atoms with Crippen LogP contribution in [0.4, 0.5) is 0 Å². The van der Waals surface area contributed by atoms with Crippen LogP contribution in [0.5, 0.6) is 5.88 Å². The fourth-order valence-electron chi connectivity index (χ4n) is 4.85. The minimum absolute atomic E-state index is 0.0910.